The van der Waals surface area contributed by atoms with Gasteiger partial charge >= 0.3 is 0 Å². The standard InChI is InChI=1S/C18H18N2O4/c1-23-16-11-14(6-3-13-4-7-15(19)8-5-13)17(9-10-20(21)22)18(12-16)24-2/h3-12H,19H2,1-2H3/b6-3+,10-9+. The van der Waals surface area contributed by atoms with E-state index in [0.29, 0.717) is 22.7 Å². The number of methoxy groups -OCH3 is 2. The first-order valence-corrected chi connectivity index (χ1v) is 7.15. The molecule has 2 rings (SSSR count). The smallest absolute Gasteiger partial charge is 0.235 e. The second-order valence-corrected chi connectivity index (χ2v) is 4.93. The van der Waals surface area contributed by atoms with Crippen molar-refractivity contribution in [2.75, 3.05) is 20.0 Å². The summed E-state index contributed by atoms with van der Waals surface area (Å²) in [4.78, 5) is 10.1. The molecule has 0 saturated carbocycles. The third kappa shape index (κ3) is 4.36. The molecule has 0 unspecified atom stereocenters. The Bertz CT molecular complexity index is 780. The van der Waals surface area contributed by atoms with Gasteiger partial charge in [-0.05, 0) is 29.3 Å². The average Bonchev–Trinajstić information content (AvgIpc) is 2.59. The Morgan fingerprint density at radius 3 is 2.33 bits per heavy atom. The molecule has 0 radical (unpaired) electrons. The Labute approximate surface area is 140 Å². The van der Waals surface area contributed by atoms with Crippen molar-refractivity contribution in [2.45, 2.75) is 0 Å². The molecule has 0 bridgehead atoms. The van der Waals surface area contributed by atoms with Crippen LogP contribution >= 0.6 is 0 Å². The molecule has 24 heavy (non-hydrogen) atoms. The molecule has 0 fully saturated rings. The molecule has 2 aromatic carbocycles. The third-order valence-corrected chi connectivity index (χ3v) is 3.36. The largest absolute Gasteiger partial charge is 0.497 e. The van der Waals surface area contributed by atoms with Gasteiger partial charge in [-0.15, -0.1) is 0 Å². The monoisotopic (exact) mass is 326 g/mol. The van der Waals surface area contributed by atoms with E-state index >= 15 is 0 Å². The molecule has 0 aliphatic carbocycles. The van der Waals surface area contributed by atoms with Gasteiger partial charge in [0.2, 0.25) is 6.20 Å². The van der Waals surface area contributed by atoms with E-state index in [-0.39, 0.29) is 0 Å². The molecule has 2 N–H and O–H groups in total. The number of nitro groups is 1. The zero-order valence-electron chi connectivity index (χ0n) is 13.4. The van der Waals surface area contributed by atoms with E-state index in [4.69, 9.17) is 15.2 Å². The number of hydrogen-bond donors (Lipinski definition) is 1. The number of nitrogen functional groups attached to an aromatic ring is 1. The first-order chi connectivity index (χ1) is 11.5. The first-order valence-electron chi connectivity index (χ1n) is 7.15. The Morgan fingerprint density at radius 1 is 1.04 bits per heavy atom. The van der Waals surface area contributed by atoms with Crippen LogP contribution in [0.3, 0.4) is 0 Å². The topological polar surface area (TPSA) is 87.6 Å². The van der Waals surface area contributed by atoms with E-state index in [1.807, 2.05) is 24.3 Å². The lowest BCUT2D eigenvalue weighted by Crippen LogP contribution is -1.94. The predicted octanol–water partition coefficient (Wildman–Crippen LogP) is 3.70. The Balaban J connectivity index is 2.48. The molecule has 0 saturated heterocycles. The SMILES string of the molecule is COc1cc(/C=C/c2ccc(N)cc2)c(/C=C/[N+](=O)[O-])c(OC)c1. The molecule has 124 valence electrons. The lowest BCUT2D eigenvalue weighted by atomic mass is 10.0. The maximum Gasteiger partial charge on any atom is 0.235 e. The molecule has 0 aliphatic rings. The van der Waals surface area contributed by atoms with Crippen molar-refractivity contribution in [2.24, 2.45) is 0 Å². The van der Waals surface area contributed by atoms with Crippen LogP contribution in [0.25, 0.3) is 18.2 Å². The molecular weight excluding hydrogens is 308 g/mol. The van der Waals surface area contributed by atoms with Gasteiger partial charge in [-0.3, -0.25) is 10.1 Å². The zero-order chi connectivity index (χ0) is 17.5. The molecule has 0 spiro atoms. The molecule has 0 aliphatic heterocycles. The van der Waals surface area contributed by atoms with E-state index in [1.165, 1.54) is 13.2 Å². The number of benzene rings is 2. The van der Waals surface area contributed by atoms with E-state index < -0.39 is 4.92 Å². The second kappa shape index (κ2) is 7.82. The van der Waals surface area contributed by atoms with Gasteiger partial charge in [-0.1, -0.05) is 24.3 Å². The number of nitrogens with two attached hydrogens (primary N) is 1. The van der Waals surface area contributed by atoms with Crippen LogP contribution in [0.15, 0.2) is 42.6 Å². The van der Waals surface area contributed by atoms with Crippen LogP contribution in [-0.4, -0.2) is 19.1 Å². The van der Waals surface area contributed by atoms with Crippen molar-refractivity contribution in [1.29, 1.82) is 0 Å². The van der Waals surface area contributed by atoms with Crippen molar-refractivity contribution in [3.63, 3.8) is 0 Å². The maximum atomic E-state index is 10.6. The van der Waals surface area contributed by atoms with Crippen molar-refractivity contribution in [3.8, 4) is 11.5 Å². The predicted molar refractivity (Wildman–Crippen MR) is 95.4 cm³/mol. The lowest BCUT2D eigenvalue weighted by Gasteiger charge is -2.11. The third-order valence-electron chi connectivity index (χ3n) is 3.36. The first kappa shape index (κ1) is 17.1. The van der Waals surface area contributed by atoms with E-state index in [2.05, 4.69) is 0 Å². The Hall–Kier alpha value is -3.28. The summed E-state index contributed by atoms with van der Waals surface area (Å²) < 4.78 is 10.6. The quantitative estimate of drug-likeness (QED) is 0.378. The number of hydrogen-bond acceptors (Lipinski definition) is 5. The summed E-state index contributed by atoms with van der Waals surface area (Å²) in [5.74, 6) is 1.09. The minimum atomic E-state index is -0.517. The second-order valence-electron chi connectivity index (χ2n) is 4.93. The number of ether oxygens (including phenoxy) is 2. The van der Waals surface area contributed by atoms with Crippen LogP contribution in [-0.2, 0) is 0 Å². The highest BCUT2D eigenvalue weighted by Gasteiger charge is 2.09. The van der Waals surface area contributed by atoms with Crippen molar-refractivity contribution >= 4 is 23.9 Å². The minimum Gasteiger partial charge on any atom is -0.497 e. The summed E-state index contributed by atoms with van der Waals surface area (Å²) in [5, 5.41) is 10.6. The van der Waals surface area contributed by atoms with Gasteiger partial charge in [0, 0.05) is 23.4 Å². The number of nitrogens with zero attached hydrogens (tertiary/aromatic N) is 1. The molecule has 0 heterocycles. The van der Waals surface area contributed by atoms with Gasteiger partial charge in [0.1, 0.15) is 11.5 Å². The lowest BCUT2D eigenvalue weighted by molar-refractivity contribution is -0.400. The van der Waals surface area contributed by atoms with Gasteiger partial charge in [-0.25, -0.2) is 0 Å². The Morgan fingerprint density at radius 2 is 1.75 bits per heavy atom. The average molecular weight is 326 g/mol. The van der Waals surface area contributed by atoms with Crippen LogP contribution in [0.1, 0.15) is 16.7 Å². The molecule has 6 nitrogen and oxygen atoms in total. The molecule has 6 heteroatoms. The minimum absolute atomic E-state index is 0.490. The zero-order valence-corrected chi connectivity index (χ0v) is 13.4. The Kier molecular flexibility index (Phi) is 5.57. The van der Waals surface area contributed by atoms with E-state index in [1.54, 1.807) is 31.4 Å². The van der Waals surface area contributed by atoms with Gasteiger partial charge < -0.3 is 15.2 Å². The molecule has 2 aromatic rings. The van der Waals surface area contributed by atoms with Crippen LogP contribution < -0.4 is 15.2 Å². The van der Waals surface area contributed by atoms with Crippen LogP contribution in [0, 0.1) is 10.1 Å². The normalized spacial score (nSPS) is 11.1. The maximum absolute atomic E-state index is 10.6. The summed E-state index contributed by atoms with van der Waals surface area (Å²) in [7, 11) is 3.06. The number of rotatable bonds is 6. The summed E-state index contributed by atoms with van der Waals surface area (Å²) >= 11 is 0. The van der Waals surface area contributed by atoms with Crippen LogP contribution in [0.5, 0.6) is 11.5 Å². The van der Waals surface area contributed by atoms with E-state index in [9.17, 15) is 10.1 Å². The van der Waals surface area contributed by atoms with Crippen LogP contribution in [0.2, 0.25) is 0 Å². The highest BCUT2D eigenvalue weighted by Crippen LogP contribution is 2.31. The highest BCUT2D eigenvalue weighted by atomic mass is 16.6. The van der Waals surface area contributed by atoms with Crippen molar-refractivity contribution < 1.29 is 14.4 Å². The number of anilines is 1. The van der Waals surface area contributed by atoms with Crippen LogP contribution in [0.4, 0.5) is 5.69 Å². The van der Waals surface area contributed by atoms with Crippen molar-refractivity contribution in [1.82, 2.24) is 0 Å². The molecule has 0 atom stereocenters. The summed E-state index contributed by atoms with van der Waals surface area (Å²) in [6, 6.07) is 10.8. The van der Waals surface area contributed by atoms with Gasteiger partial charge in [0.05, 0.1) is 19.1 Å². The molecule has 0 amide bonds. The summed E-state index contributed by atoms with van der Waals surface area (Å²) in [6.45, 7) is 0. The molecular formula is C18H18N2O4. The fourth-order valence-electron chi connectivity index (χ4n) is 2.15. The van der Waals surface area contributed by atoms with Gasteiger partial charge in [0.15, 0.2) is 0 Å². The van der Waals surface area contributed by atoms with Crippen molar-refractivity contribution in [3.05, 3.63) is 69.4 Å². The molecule has 0 aromatic heterocycles. The van der Waals surface area contributed by atoms with Gasteiger partial charge in [-0.2, -0.15) is 0 Å². The fourth-order valence-corrected chi connectivity index (χ4v) is 2.15. The summed E-state index contributed by atoms with van der Waals surface area (Å²) in [6.07, 6.45) is 6.01. The van der Waals surface area contributed by atoms with Gasteiger partial charge in [0.25, 0.3) is 0 Å². The highest BCUT2D eigenvalue weighted by molar-refractivity contribution is 5.78. The van der Waals surface area contributed by atoms with E-state index in [0.717, 1.165) is 17.3 Å². The summed E-state index contributed by atoms with van der Waals surface area (Å²) in [5.41, 5.74) is 8.65. The fraction of sp³-hybridized carbons (Fsp3) is 0.111.